The second kappa shape index (κ2) is 7.29. The fourth-order valence-corrected chi connectivity index (χ4v) is 3.26. The number of anilines is 1. The molecule has 1 aromatic carbocycles. The number of fused-ring (bicyclic) bond motifs is 1. The fraction of sp³-hybridized carbons (Fsp3) is 0.0435. The fourth-order valence-electron chi connectivity index (χ4n) is 3.26. The molecule has 1 amide bonds. The first-order valence-electron chi connectivity index (χ1n) is 9.42. The summed E-state index contributed by atoms with van der Waals surface area (Å²) < 4.78 is 7.20. The van der Waals surface area contributed by atoms with Crippen molar-refractivity contribution in [1.82, 2.24) is 19.5 Å². The molecule has 0 aliphatic rings. The summed E-state index contributed by atoms with van der Waals surface area (Å²) in [5.74, 6) is 0.583. The molecule has 0 aliphatic carbocycles. The van der Waals surface area contributed by atoms with Crippen LogP contribution in [0.4, 0.5) is 5.69 Å². The van der Waals surface area contributed by atoms with Gasteiger partial charge in [0.15, 0.2) is 0 Å². The highest BCUT2D eigenvalue weighted by Gasteiger charge is 2.15. The molecular formula is C23H17N5O2. The van der Waals surface area contributed by atoms with Crippen LogP contribution in [0.15, 0.2) is 83.6 Å². The van der Waals surface area contributed by atoms with Crippen molar-refractivity contribution in [2.75, 3.05) is 5.32 Å². The predicted octanol–water partition coefficient (Wildman–Crippen LogP) is 4.61. The molecule has 0 fully saturated rings. The van der Waals surface area contributed by atoms with Crippen molar-refractivity contribution in [2.45, 2.75) is 6.92 Å². The van der Waals surface area contributed by atoms with Crippen LogP contribution in [0.2, 0.25) is 0 Å². The van der Waals surface area contributed by atoms with Crippen molar-refractivity contribution >= 4 is 17.1 Å². The van der Waals surface area contributed by atoms with Crippen LogP contribution in [0.5, 0.6) is 0 Å². The Kier molecular flexibility index (Phi) is 4.33. The summed E-state index contributed by atoms with van der Waals surface area (Å²) in [6.45, 7) is 1.94. The summed E-state index contributed by atoms with van der Waals surface area (Å²) in [7, 11) is 0. The first-order valence-corrected chi connectivity index (χ1v) is 9.42. The van der Waals surface area contributed by atoms with Gasteiger partial charge in [0.2, 0.25) is 5.82 Å². The number of hydrogen-bond acceptors (Lipinski definition) is 5. The summed E-state index contributed by atoms with van der Waals surface area (Å²) in [6, 6.07) is 20.6. The third-order valence-electron chi connectivity index (χ3n) is 4.85. The number of amides is 1. The van der Waals surface area contributed by atoms with E-state index < -0.39 is 0 Å². The molecule has 0 unspecified atom stereocenters. The Balaban J connectivity index is 1.44. The maximum atomic E-state index is 12.9. The molecule has 0 bridgehead atoms. The van der Waals surface area contributed by atoms with Crippen LogP contribution in [0.25, 0.3) is 28.5 Å². The first kappa shape index (κ1) is 17.8. The zero-order valence-electron chi connectivity index (χ0n) is 16.1. The highest BCUT2D eigenvalue weighted by molar-refractivity contribution is 6.04. The van der Waals surface area contributed by atoms with Crippen LogP contribution < -0.4 is 5.32 Å². The van der Waals surface area contributed by atoms with E-state index in [2.05, 4.69) is 20.4 Å². The number of pyridine rings is 2. The second-order valence-electron chi connectivity index (χ2n) is 6.84. The molecule has 0 radical (unpaired) electrons. The summed E-state index contributed by atoms with van der Waals surface area (Å²) in [5, 5.41) is 7.06. The van der Waals surface area contributed by atoms with Crippen LogP contribution in [0, 0.1) is 6.92 Å². The van der Waals surface area contributed by atoms with Gasteiger partial charge in [0, 0.05) is 29.2 Å². The molecule has 0 saturated carbocycles. The maximum absolute atomic E-state index is 12.9. The summed E-state index contributed by atoms with van der Waals surface area (Å²) >= 11 is 0. The Bertz CT molecular complexity index is 1350. The molecule has 0 saturated heterocycles. The van der Waals surface area contributed by atoms with Crippen molar-refractivity contribution in [3.8, 4) is 23.0 Å². The van der Waals surface area contributed by atoms with E-state index in [1.807, 2.05) is 78.2 Å². The van der Waals surface area contributed by atoms with Crippen molar-refractivity contribution in [2.24, 2.45) is 0 Å². The highest BCUT2D eigenvalue weighted by Crippen LogP contribution is 2.26. The van der Waals surface area contributed by atoms with Crippen molar-refractivity contribution < 1.29 is 9.32 Å². The van der Waals surface area contributed by atoms with Gasteiger partial charge >= 0.3 is 0 Å². The monoisotopic (exact) mass is 395 g/mol. The van der Waals surface area contributed by atoms with Gasteiger partial charge < -0.3 is 14.2 Å². The average molecular weight is 395 g/mol. The number of carbonyl (C=O) groups excluding carboxylic acids is 1. The Hall–Kier alpha value is -4.26. The van der Waals surface area contributed by atoms with Crippen LogP contribution in [0.1, 0.15) is 16.1 Å². The standard InChI is InChI=1S/C23H17N5O2/c1-15-8-9-16(21-26-23(30-27-21)18-7-2-4-12-24-18)14-19(15)25-22(29)20-11-10-17-6-3-5-13-28(17)20/h2-14H,1H3,(H,25,29). The van der Waals surface area contributed by atoms with Gasteiger partial charge in [0.25, 0.3) is 11.8 Å². The molecule has 146 valence electrons. The molecule has 5 rings (SSSR count). The number of benzene rings is 1. The third-order valence-corrected chi connectivity index (χ3v) is 4.85. The average Bonchev–Trinajstić information content (AvgIpc) is 3.43. The molecule has 4 aromatic heterocycles. The Labute approximate surface area is 172 Å². The lowest BCUT2D eigenvalue weighted by atomic mass is 10.1. The molecule has 5 aromatic rings. The third kappa shape index (κ3) is 3.22. The second-order valence-corrected chi connectivity index (χ2v) is 6.84. The number of hydrogen-bond donors (Lipinski definition) is 1. The number of carbonyl (C=O) groups is 1. The van der Waals surface area contributed by atoms with Crippen LogP contribution >= 0.6 is 0 Å². The molecule has 7 heteroatoms. The van der Waals surface area contributed by atoms with Crippen molar-refractivity contribution in [1.29, 1.82) is 0 Å². The topological polar surface area (TPSA) is 85.3 Å². The Morgan fingerprint density at radius 1 is 1.03 bits per heavy atom. The molecule has 4 heterocycles. The number of aromatic nitrogens is 4. The molecule has 30 heavy (non-hydrogen) atoms. The number of nitrogens with zero attached hydrogens (tertiary/aromatic N) is 4. The minimum atomic E-state index is -0.191. The first-order chi connectivity index (χ1) is 14.7. The lowest BCUT2D eigenvalue weighted by molar-refractivity contribution is 0.102. The van der Waals surface area contributed by atoms with Gasteiger partial charge in [-0.05, 0) is 55.0 Å². The van der Waals surface area contributed by atoms with E-state index in [9.17, 15) is 4.79 Å². The van der Waals surface area contributed by atoms with E-state index in [0.29, 0.717) is 28.8 Å². The predicted molar refractivity (Wildman–Crippen MR) is 113 cm³/mol. The largest absolute Gasteiger partial charge is 0.332 e. The maximum Gasteiger partial charge on any atom is 0.276 e. The van der Waals surface area contributed by atoms with Gasteiger partial charge in [-0.1, -0.05) is 29.4 Å². The van der Waals surface area contributed by atoms with Crippen molar-refractivity contribution in [3.05, 3.63) is 90.4 Å². The quantitative estimate of drug-likeness (QED) is 0.480. The van der Waals surface area contributed by atoms with E-state index in [4.69, 9.17) is 4.52 Å². The zero-order chi connectivity index (χ0) is 20.5. The normalized spacial score (nSPS) is 11.0. The van der Waals surface area contributed by atoms with E-state index >= 15 is 0 Å². The lowest BCUT2D eigenvalue weighted by Gasteiger charge is -2.10. The van der Waals surface area contributed by atoms with Crippen LogP contribution in [-0.4, -0.2) is 25.4 Å². The molecule has 1 N–H and O–H groups in total. The Morgan fingerprint density at radius 2 is 1.93 bits per heavy atom. The van der Waals surface area contributed by atoms with Crippen LogP contribution in [-0.2, 0) is 0 Å². The number of aryl methyl sites for hydroxylation is 1. The van der Waals surface area contributed by atoms with Gasteiger partial charge in [-0.3, -0.25) is 9.78 Å². The van der Waals surface area contributed by atoms with Gasteiger partial charge in [-0.25, -0.2) is 0 Å². The van der Waals surface area contributed by atoms with Crippen LogP contribution in [0.3, 0.4) is 0 Å². The molecular weight excluding hydrogens is 378 g/mol. The molecule has 0 atom stereocenters. The molecule has 0 spiro atoms. The number of rotatable bonds is 4. The van der Waals surface area contributed by atoms with Gasteiger partial charge in [0.05, 0.1) is 0 Å². The Morgan fingerprint density at radius 3 is 2.80 bits per heavy atom. The van der Waals surface area contributed by atoms with Crippen molar-refractivity contribution in [3.63, 3.8) is 0 Å². The van der Waals surface area contributed by atoms with Gasteiger partial charge in [0.1, 0.15) is 11.4 Å². The minimum absolute atomic E-state index is 0.191. The summed E-state index contributed by atoms with van der Waals surface area (Å²) in [4.78, 5) is 21.5. The minimum Gasteiger partial charge on any atom is -0.332 e. The van der Waals surface area contributed by atoms with Gasteiger partial charge in [-0.2, -0.15) is 4.98 Å². The SMILES string of the molecule is Cc1ccc(-c2noc(-c3ccccn3)n2)cc1NC(=O)c1ccc2ccccn12. The lowest BCUT2D eigenvalue weighted by Crippen LogP contribution is -2.15. The number of nitrogens with one attached hydrogen (secondary N) is 1. The smallest absolute Gasteiger partial charge is 0.276 e. The van der Waals surface area contributed by atoms with Gasteiger partial charge in [-0.15, -0.1) is 0 Å². The molecule has 0 aliphatic heterocycles. The summed E-state index contributed by atoms with van der Waals surface area (Å²) in [5.41, 5.74) is 4.49. The molecule has 7 nitrogen and oxygen atoms in total. The van der Waals surface area contributed by atoms with E-state index in [0.717, 1.165) is 16.6 Å². The van der Waals surface area contributed by atoms with E-state index in [-0.39, 0.29) is 5.91 Å². The summed E-state index contributed by atoms with van der Waals surface area (Å²) in [6.07, 6.45) is 3.54. The zero-order valence-corrected chi connectivity index (χ0v) is 16.1. The highest BCUT2D eigenvalue weighted by atomic mass is 16.5. The van der Waals surface area contributed by atoms with E-state index in [1.165, 1.54) is 0 Å². The van der Waals surface area contributed by atoms with E-state index in [1.54, 1.807) is 12.3 Å².